The van der Waals surface area contributed by atoms with E-state index < -0.39 is 24.5 Å². The van der Waals surface area contributed by atoms with Gasteiger partial charge in [-0.1, -0.05) is 11.6 Å². The standard InChI is InChI=1S/C14H17ClN2O5/c1-8(2)16-14(20)17-12(18)7-22-13(19)10-6-9(15)4-5-11(10)21-3/h4-6,8H,7H2,1-3H3,(H2,16,17,18,20). The second kappa shape index (κ2) is 8.23. The number of benzene rings is 1. The van der Waals surface area contributed by atoms with E-state index in [0.717, 1.165) is 0 Å². The minimum atomic E-state index is -0.779. The van der Waals surface area contributed by atoms with Gasteiger partial charge in [-0.05, 0) is 32.0 Å². The molecule has 8 heteroatoms. The fraction of sp³-hybridized carbons (Fsp3) is 0.357. The Morgan fingerprint density at radius 2 is 1.95 bits per heavy atom. The molecule has 2 N–H and O–H groups in total. The van der Waals surface area contributed by atoms with E-state index in [1.165, 1.54) is 19.2 Å². The Bertz CT molecular complexity index is 574. The first-order valence-corrected chi connectivity index (χ1v) is 6.82. The third kappa shape index (κ3) is 5.61. The molecule has 0 heterocycles. The first kappa shape index (κ1) is 17.8. The van der Waals surface area contributed by atoms with Gasteiger partial charge < -0.3 is 14.8 Å². The van der Waals surface area contributed by atoms with Crippen molar-refractivity contribution < 1.29 is 23.9 Å². The van der Waals surface area contributed by atoms with Crippen molar-refractivity contribution in [2.75, 3.05) is 13.7 Å². The van der Waals surface area contributed by atoms with Crippen LogP contribution in [0.2, 0.25) is 5.02 Å². The van der Waals surface area contributed by atoms with E-state index >= 15 is 0 Å². The zero-order valence-corrected chi connectivity index (χ0v) is 13.2. The van der Waals surface area contributed by atoms with Crippen molar-refractivity contribution in [1.82, 2.24) is 10.6 Å². The van der Waals surface area contributed by atoms with Gasteiger partial charge in [0.05, 0.1) is 7.11 Å². The normalized spacial score (nSPS) is 10.0. The number of rotatable bonds is 5. The number of hydrogen-bond acceptors (Lipinski definition) is 5. The molecular formula is C14H17ClN2O5. The van der Waals surface area contributed by atoms with Gasteiger partial charge in [0.25, 0.3) is 5.91 Å². The van der Waals surface area contributed by atoms with Crippen LogP contribution in [0.3, 0.4) is 0 Å². The Morgan fingerprint density at radius 1 is 1.27 bits per heavy atom. The van der Waals surface area contributed by atoms with Gasteiger partial charge in [0.2, 0.25) is 0 Å². The number of halogens is 1. The Balaban J connectivity index is 2.58. The lowest BCUT2D eigenvalue weighted by atomic mass is 10.2. The number of hydrogen-bond donors (Lipinski definition) is 2. The molecule has 7 nitrogen and oxygen atoms in total. The molecule has 0 radical (unpaired) electrons. The molecule has 0 saturated carbocycles. The molecule has 0 atom stereocenters. The van der Waals surface area contributed by atoms with Crippen LogP contribution in [0, 0.1) is 0 Å². The Hall–Kier alpha value is -2.28. The van der Waals surface area contributed by atoms with E-state index in [4.69, 9.17) is 21.1 Å². The summed E-state index contributed by atoms with van der Waals surface area (Å²) in [5.41, 5.74) is 0.0921. The average molecular weight is 329 g/mol. The van der Waals surface area contributed by atoms with Crippen molar-refractivity contribution in [3.63, 3.8) is 0 Å². The molecule has 0 aliphatic heterocycles. The minimum Gasteiger partial charge on any atom is -0.496 e. The van der Waals surface area contributed by atoms with Gasteiger partial charge in [-0.3, -0.25) is 10.1 Å². The van der Waals surface area contributed by atoms with Crippen LogP contribution >= 0.6 is 11.6 Å². The number of carbonyl (C=O) groups excluding carboxylic acids is 3. The second-order valence-electron chi connectivity index (χ2n) is 4.60. The van der Waals surface area contributed by atoms with E-state index in [1.807, 2.05) is 5.32 Å². The number of methoxy groups -OCH3 is 1. The average Bonchev–Trinajstić information content (AvgIpc) is 2.43. The number of ether oxygens (including phenoxy) is 2. The van der Waals surface area contributed by atoms with E-state index in [9.17, 15) is 14.4 Å². The van der Waals surface area contributed by atoms with Gasteiger partial charge in [0.1, 0.15) is 11.3 Å². The largest absolute Gasteiger partial charge is 0.496 e. The first-order chi connectivity index (χ1) is 10.3. The van der Waals surface area contributed by atoms with Gasteiger partial charge >= 0.3 is 12.0 Å². The summed E-state index contributed by atoms with van der Waals surface area (Å²) < 4.78 is 9.84. The molecular weight excluding hydrogens is 312 g/mol. The van der Waals surface area contributed by atoms with E-state index in [1.54, 1.807) is 19.9 Å². The first-order valence-electron chi connectivity index (χ1n) is 6.44. The molecule has 0 fully saturated rings. The molecule has 0 spiro atoms. The lowest BCUT2D eigenvalue weighted by Crippen LogP contribution is -2.44. The minimum absolute atomic E-state index is 0.0921. The Morgan fingerprint density at radius 3 is 2.55 bits per heavy atom. The van der Waals surface area contributed by atoms with Crippen molar-refractivity contribution in [2.45, 2.75) is 19.9 Å². The SMILES string of the molecule is COc1ccc(Cl)cc1C(=O)OCC(=O)NC(=O)NC(C)C. The molecule has 120 valence electrons. The third-order valence-electron chi connectivity index (χ3n) is 2.39. The summed E-state index contributed by atoms with van der Waals surface area (Å²) >= 11 is 5.80. The van der Waals surface area contributed by atoms with Gasteiger partial charge in [-0.2, -0.15) is 0 Å². The van der Waals surface area contributed by atoms with Crippen molar-refractivity contribution in [3.05, 3.63) is 28.8 Å². The molecule has 1 aromatic rings. The summed E-state index contributed by atoms with van der Waals surface area (Å²) in [6.45, 7) is 2.89. The van der Waals surface area contributed by atoms with Crippen LogP contribution < -0.4 is 15.4 Å². The summed E-state index contributed by atoms with van der Waals surface area (Å²) in [7, 11) is 1.39. The van der Waals surface area contributed by atoms with Crippen LogP contribution in [-0.4, -0.2) is 37.7 Å². The molecule has 0 bridgehead atoms. The van der Waals surface area contributed by atoms with Gasteiger partial charge in [0.15, 0.2) is 6.61 Å². The molecule has 0 saturated heterocycles. The fourth-order valence-electron chi connectivity index (χ4n) is 1.51. The lowest BCUT2D eigenvalue weighted by molar-refractivity contribution is -0.123. The number of carbonyl (C=O) groups is 3. The maximum absolute atomic E-state index is 11.9. The summed E-state index contributed by atoms with van der Waals surface area (Å²) in [4.78, 5) is 34.7. The highest BCUT2D eigenvalue weighted by Crippen LogP contribution is 2.23. The molecule has 0 aliphatic rings. The highest BCUT2D eigenvalue weighted by atomic mass is 35.5. The molecule has 0 unspecified atom stereocenters. The quantitative estimate of drug-likeness (QED) is 0.803. The predicted molar refractivity (Wildman–Crippen MR) is 80.1 cm³/mol. The van der Waals surface area contributed by atoms with Crippen LogP contribution in [0.1, 0.15) is 24.2 Å². The van der Waals surface area contributed by atoms with Gasteiger partial charge in [-0.25, -0.2) is 9.59 Å². The summed E-state index contributed by atoms with van der Waals surface area (Å²) in [5.74, 6) is -1.25. The summed E-state index contributed by atoms with van der Waals surface area (Å²) in [6.07, 6.45) is 0. The van der Waals surface area contributed by atoms with Crippen LogP contribution in [0.15, 0.2) is 18.2 Å². The topological polar surface area (TPSA) is 93.7 Å². The predicted octanol–water partition coefficient (Wildman–Crippen LogP) is 1.74. The number of urea groups is 1. The lowest BCUT2D eigenvalue weighted by Gasteiger charge is -2.10. The van der Waals surface area contributed by atoms with Crippen LogP contribution in [0.5, 0.6) is 5.75 Å². The maximum Gasteiger partial charge on any atom is 0.342 e. The molecule has 0 aliphatic carbocycles. The van der Waals surface area contributed by atoms with E-state index in [0.29, 0.717) is 5.02 Å². The summed E-state index contributed by atoms with van der Waals surface area (Å²) in [6, 6.07) is 3.66. The zero-order chi connectivity index (χ0) is 16.7. The number of imide groups is 1. The molecule has 3 amide bonds. The molecule has 0 aromatic heterocycles. The molecule has 22 heavy (non-hydrogen) atoms. The zero-order valence-electron chi connectivity index (χ0n) is 12.4. The fourth-order valence-corrected chi connectivity index (χ4v) is 1.68. The van der Waals surface area contributed by atoms with Crippen LogP contribution in [0.4, 0.5) is 4.79 Å². The molecule has 1 aromatic carbocycles. The monoisotopic (exact) mass is 328 g/mol. The smallest absolute Gasteiger partial charge is 0.342 e. The van der Waals surface area contributed by atoms with Crippen LogP contribution in [-0.2, 0) is 9.53 Å². The van der Waals surface area contributed by atoms with Crippen molar-refractivity contribution >= 4 is 29.5 Å². The van der Waals surface area contributed by atoms with Crippen molar-refractivity contribution in [2.24, 2.45) is 0 Å². The second-order valence-corrected chi connectivity index (χ2v) is 5.03. The Kier molecular flexibility index (Phi) is 6.65. The van der Waals surface area contributed by atoms with Gasteiger partial charge in [0, 0.05) is 11.1 Å². The number of nitrogens with one attached hydrogen (secondary N) is 2. The van der Waals surface area contributed by atoms with Gasteiger partial charge in [-0.15, -0.1) is 0 Å². The van der Waals surface area contributed by atoms with Crippen molar-refractivity contribution in [3.8, 4) is 5.75 Å². The third-order valence-corrected chi connectivity index (χ3v) is 2.62. The maximum atomic E-state index is 11.9. The number of esters is 1. The Labute approximate surface area is 132 Å². The van der Waals surface area contributed by atoms with E-state index in [2.05, 4.69) is 5.32 Å². The van der Waals surface area contributed by atoms with Crippen molar-refractivity contribution in [1.29, 1.82) is 0 Å². The summed E-state index contributed by atoms with van der Waals surface area (Å²) in [5, 5.41) is 4.83. The highest BCUT2D eigenvalue weighted by molar-refractivity contribution is 6.31. The van der Waals surface area contributed by atoms with Crippen LogP contribution in [0.25, 0.3) is 0 Å². The molecule has 1 rings (SSSR count). The van der Waals surface area contributed by atoms with E-state index in [-0.39, 0.29) is 17.4 Å². The number of amides is 3. The highest BCUT2D eigenvalue weighted by Gasteiger charge is 2.17.